The third kappa shape index (κ3) is 3.32. The van der Waals surface area contributed by atoms with Gasteiger partial charge in [-0.15, -0.1) is 0 Å². The van der Waals surface area contributed by atoms with Crippen LogP contribution in [0.5, 0.6) is 0 Å². The van der Waals surface area contributed by atoms with Gasteiger partial charge in [0.05, 0.1) is 6.54 Å². The molecule has 2 aliphatic rings. The molecule has 0 spiro atoms. The number of aromatic nitrogens is 2. The first kappa shape index (κ1) is 17.7. The lowest BCUT2D eigenvalue weighted by molar-refractivity contribution is 0.0757. The molecule has 140 valence electrons. The van der Waals surface area contributed by atoms with Crippen LogP contribution in [0.15, 0.2) is 24.3 Å². The lowest BCUT2D eigenvalue weighted by Gasteiger charge is -2.35. The van der Waals surface area contributed by atoms with Gasteiger partial charge < -0.3 is 9.80 Å². The molecule has 2 aromatic rings. The van der Waals surface area contributed by atoms with Crippen LogP contribution in [0.25, 0.3) is 0 Å². The number of alkyl halides is 1. The molecule has 0 radical (unpaired) electrons. The van der Waals surface area contributed by atoms with Crippen molar-refractivity contribution in [1.82, 2.24) is 19.2 Å². The number of nitrogens with one attached hydrogen (secondary N) is 2. The molecule has 1 aliphatic carbocycles. The van der Waals surface area contributed by atoms with E-state index in [1.165, 1.54) is 34.1 Å². The molecule has 1 amide bonds. The fourth-order valence-electron chi connectivity index (χ4n) is 2.85. The summed E-state index contributed by atoms with van der Waals surface area (Å²) in [7, 11) is 0. The molecule has 1 aromatic heterocycles. The topological polar surface area (TPSA) is 97.0 Å². The molecule has 2 heterocycles. The van der Waals surface area contributed by atoms with E-state index in [9.17, 15) is 13.6 Å². The average molecular weight is 390 g/mol. The Morgan fingerprint density at radius 2 is 1.93 bits per heavy atom. The summed E-state index contributed by atoms with van der Waals surface area (Å²) in [6.45, 7) is 0.581. The second kappa shape index (κ2) is 6.45. The van der Waals surface area contributed by atoms with Crippen molar-refractivity contribution in [3.63, 3.8) is 0 Å². The Balaban J connectivity index is 1.43. The SMILES string of the molecule is N=C1CN(C(=O)c2ccc(F)cc2)CCN1C(=N)c1nc(C2(F)CC2)ns1. The highest BCUT2D eigenvalue weighted by atomic mass is 32.1. The third-order valence-corrected chi connectivity index (χ3v) is 5.35. The number of hydrogen-bond donors (Lipinski definition) is 2. The van der Waals surface area contributed by atoms with Gasteiger partial charge in [0.2, 0.25) is 0 Å². The Morgan fingerprint density at radius 1 is 1.22 bits per heavy atom. The van der Waals surface area contributed by atoms with Crippen LogP contribution in [0.4, 0.5) is 8.78 Å². The monoisotopic (exact) mass is 390 g/mol. The van der Waals surface area contributed by atoms with Crippen molar-refractivity contribution in [2.24, 2.45) is 0 Å². The van der Waals surface area contributed by atoms with Crippen molar-refractivity contribution in [3.05, 3.63) is 46.5 Å². The van der Waals surface area contributed by atoms with Crippen molar-refractivity contribution in [1.29, 1.82) is 10.8 Å². The van der Waals surface area contributed by atoms with E-state index in [0.29, 0.717) is 24.9 Å². The van der Waals surface area contributed by atoms with Gasteiger partial charge in [0, 0.05) is 18.7 Å². The minimum atomic E-state index is -1.46. The smallest absolute Gasteiger partial charge is 0.254 e. The molecule has 1 aliphatic heterocycles. The summed E-state index contributed by atoms with van der Waals surface area (Å²) in [5.74, 6) is -0.543. The lowest BCUT2D eigenvalue weighted by atomic mass is 10.1. The minimum absolute atomic E-state index is 0.0121. The zero-order valence-corrected chi connectivity index (χ0v) is 15.0. The number of amides is 1. The first-order valence-electron chi connectivity index (χ1n) is 8.39. The second-order valence-electron chi connectivity index (χ2n) is 6.57. The van der Waals surface area contributed by atoms with Crippen molar-refractivity contribution < 1.29 is 13.6 Å². The summed E-state index contributed by atoms with van der Waals surface area (Å²) in [6.07, 6.45) is 0.799. The Morgan fingerprint density at radius 3 is 2.56 bits per heavy atom. The average Bonchev–Trinajstić information content (AvgIpc) is 3.21. The second-order valence-corrected chi connectivity index (χ2v) is 7.32. The van der Waals surface area contributed by atoms with Gasteiger partial charge in [-0.3, -0.25) is 15.6 Å². The largest absolute Gasteiger partial charge is 0.329 e. The molecule has 2 fully saturated rings. The summed E-state index contributed by atoms with van der Waals surface area (Å²) in [6, 6.07) is 5.25. The molecule has 1 saturated heterocycles. The van der Waals surface area contributed by atoms with Crippen LogP contribution >= 0.6 is 11.5 Å². The number of piperazine rings is 1. The normalized spacial score (nSPS) is 18.5. The Bertz CT molecular complexity index is 924. The molecule has 1 saturated carbocycles. The van der Waals surface area contributed by atoms with Crippen LogP contribution in [0.3, 0.4) is 0 Å². The lowest BCUT2D eigenvalue weighted by Crippen LogP contribution is -2.53. The van der Waals surface area contributed by atoms with Gasteiger partial charge >= 0.3 is 0 Å². The van der Waals surface area contributed by atoms with Gasteiger partial charge in [-0.25, -0.2) is 13.8 Å². The van der Waals surface area contributed by atoms with E-state index in [-0.39, 0.29) is 41.5 Å². The number of nitrogens with zero attached hydrogens (tertiary/aromatic N) is 4. The number of carbonyl (C=O) groups is 1. The molecular weight excluding hydrogens is 374 g/mol. The molecule has 7 nitrogen and oxygen atoms in total. The quantitative estimate of drug-likeness (QED) is 0.621. The van der Waals surface area contributed by atoms with Crippen LogP contribution in [0.2, 0.25) is 0 Å². The predicted octanol–water partition coefficient (Wildman–Crippen LogP) is 2.40. The third-order valence-electron chi connectivity index (χ3n) is 4.63. The first-order valence-corrected chi connectivity index (χ1v) is 9.16. The summed E-state index contributed by atoms with van der Waals surface area (Å²) in [5, 5.41) is 16.7. The summed E-state index contributed by atoms with van der Waals surface area (Å²) < 4.78 is 31.1. The molecule has 0 bridgehead atoms. The van der Waals surface area contributed by atoms with Gasteiger partial charge in [-0.1, -0.05) is 0 Å². The number of amidine groups is 2. The van der Waals surface area contributed by atoms with Crippen molar-refractivity contribution >= 4 is 29.1 Å². The van der Waals surface area contributed by atoms with Crippen LogP contribution in [-0.2, 0) is 5.67 Å². The number of hydrogen-bond acceptors (Lipinski definition) is 6. The van der Waals surface area contributed by atoms with E-state index in [4.69, 9.17) is 10.8 Å². The van der Waals surface area contributed by atoms with E-state index in [1.807, 2.05) is 0 Å². The molecule has 4 rings (SSSR count). The van der Waals surface area contributed by atoms with E-state index >= 15 is 0 Å². The molecule has 0 unspecified atom stereocenters. The number of carbonyl (C=O) groups excluding carboxylic acids is 1. The van der Waals surface area contributed by atoms with Crippen LogP contribution in [-0.4, -0.2) is 56.4 Å². The maximum atomic E-state index is 14.0. The maximum Gasteiger partial charge on any atom is 0.254 e. The molecule has 27 heavy (non-hydrogen) atoms. The summed E-state index contributed by atoms with van der Waals surface area (Å²) in [5.41, 5.74) is -1.11. The van der Waals surface area contributed by atoms with Crippen molar-refractivity contribution in [2.75, 3.05) is 19.6 Å². The van der Waals surface area contributed by atoms with Gasteiger partial charge in [0.15, 0.2) is 22.3 Å². The number of benzene rings is 1. The molecule has 0 atom stereocenters. The highest BCUT2D eigenvalue weighted by Gasteiger charge is 2.49. The fourth-order valence-corrected chi connectivity index (χ4v) is 3.55. The standard InChI is InChI=1S/C17H16F2N6OS/c18-11-3-1-10(2-4-11)15(26)24-7-8-25(12(20)9-24)13(21)14-22-16(23-27-14)17(19)5-6-17/h1-4,20-21H,5-9H2. The highest BCUT2D eigenvalue weighted by Crippen LogP contribution is 2.48. The summed E-state index contributed by atoms with van der Waals surface area (Å²) >= 11 is 0.945. The zero-order chi connectivity index (χ0) is 19.2. The Kier molecular flexibility index (Phi) is 4.22. The zero-order valence-electron chi connectivity index (χ0n) is 14.2. The van der Waals surface area contributed by atoms with Gasteiger partial charge in [-0.05, 0) is 48.6 Å². The van der Waals surface area contributed by atoms with Crippen molar-refractivity contribution in [2.45, 2.75) is 18.5 Å². The molecular formula is C17H16F2N6OS. The van der Waals surface area contributed by atoms with Crippen LogP contribution in [0.1, 0.15) is 34.0 Å². The molecule has 10 heteroatoms. The number of rotatable bonds is 3. The first-order chi connectivity index (χ1) is 12.9. The maximum absolute atomic E-state index is 14.0. The predicted molar refractivity (Wildman–Crippen MR) is 95.5 cm³/mol. The van der Waals surface area contributed by atoms with Crippen molar-refractivity contribution in [3.8, 4) is 0 Å². The van der Waals surface area contributed by atoms with Gasteiger partial charge in [-0.2, -0.15) is 4.37 Å². The minimum Gasteiger partial charge on any atom is -0.329 e. The van der Waals surface area contributed by atoms with E-state index in [2.05, 4.69) is 9.36 Å². The highest BCUT2D eigenvalue weighted by molar-refractivity contribution is 7.07. The fraction of sp³-hybridized carbons (Fsp3) is 0.353. The van der Waals surface area contributed by atoms with E-state index < -0.39 is 11.5 Å². The molecule has 2 N–H and O–H groups in total. The van der Waals surface area contributed by atoms with Gasteiger partial charge in [0.1, 0.15) is 11.7 Å². The summed E-state index contributed by atoms with van der Waals surface area (Å²) in [4.78, 5) is 19.5. The van der Waals surface area contributed by atoms with E-state index in [0.717, 1.165) is 11.5 Å². The van der Waals surface area contributed by atoms with E-state index in [1.54, 1.807) is 0 Å². The van der Waals surface area contributed by atoms with Crippen LogP contribution < -0.4 is 0 Å². The Labute approximate surface area is 157 Å². The molecule has 1 aromatic carbocycles. The Hall–Kier alpha value is -2.75. The van der Waals surface area contributed by atoms with Crippen LogP contribution in [0, 0.1) is 16.6 Å². The number of halogens is 2. The van der Waals surface area contributed by atoms with Gasteiger partial charge in [0.25, 0.3) is 5.91 Å².